The van der Waals surface area contributed by atoms with Crippen LogP contribution in [0, 0.1) is 9.39 Å². The Morgan fingerprint density at radius 1 is 1.50 bits per heavy atom. The van der Waals surface area contributed by atoms with E-state index in [1.807, 2.05) is 12.1 Å². The Morgan fingerprint density at radius 3 is 2.83 bits per heavy atom. The van der Waals surface area contributed by atoms with E-state index in [4.69, 9.17) is 0 Å². The minimum Gasteiger partial charge on any atom is -0.206 e. The van der Waals surface area contributed by atoms with Gasteiger partial charge in [-0.25, -0.2) is 4.39 Å². The molecule has 0 aromatic heterocycles. The lowest BCUT2D eigenvalue weighted by Gasteiger charge is -1.98. The first-order valence-corrected chi connectivity index (χ1v) is 5.62. The van der Waals surface area contributed by atoms with Crippen LogP contribution in [-0.2, 0) is 0 Å². The van der Waals surface area contributed by atoms with Crippen LogP contribution in [0.15, 0.2) is 24.3 Å². The second kappa shape index (κ2) is 4.97. The van der Waals surface area contributed by atoms with E-state index in [0.717, 1.165) is 8.90 Å². The minimum atomic E-state index is -0.167. The lowest BCUT2D eigenvalue weighted by Crippen LogP contribution is -1.85. The van der Waals surface area contributed by atoms with Crippen molar-refractivity contribution in [2.75, 3.05) is 5.33 Å². The van der Waals surface area contributed by atoms with Gasteiger partial charge in [-0.15, -0.1) is 0 Å². The molecule has 3 heteroatoms. The van der Waals surface area contributed by atoms with Gasteiger partial charge >= 0.3 is 0 Å². The molecule has 0 saturated carbocycles. The summed E-state index contributed by atoms with van der Waals surface area (Å²) < 4.78 is 14.0. The van der Waals surface area contributed by atoms with Crippen LogP contribution in [0.3, 0.4) is 0 Å². The molecule has 1 aromatic carbocycles. The Kier molecular flexibility index (Phi) is 4.21. The maximum absolute atomic E-state index is 13.1. The van der Waals surface area contributed by atoms with Gasteiger partial charge < -0.3 is 0 Å². The Morgan fingerprint density at radius 2 is 2.25 bits per heavy atom. The average molecular weight is 341 g/mol. The summed E-state index contributed by atoms with van der Waals surface area (Å²) in [5, 5.41) is 0.747. The maximum Gasteiger partial charge on any atom is 0.131 e. The first kappa shape index (κ1) is 10.2. The molecule has 0 saturated heterocycles. The van der Waals surface area contributed by atoms with Crippen LogP contribution in [0.1, 0.15) is 5.56 Å². The summed E-state index contributed by atoms with van der Waals surface area (Å²) in [4.78, 5) is 0. The molecule has 0 N–H and O–H groups in total. The molecule has 0 nitrogen and oxygen atoms in total. The molecule has 0 bridgehead atoms. The quantitative estimate of drug-likeness (QED) is 0.567. The molecule has 0 fully saturated rings. The van der Waals surface area contributed by atoms with Gasteiger partial charge in [0.05, 0.1) is 0 Å². The van der Waals surface area contributed by atoms with E-state index in [1.165, 1.54) is 6.07 Å². The van der Waals surface area contributed by atoms with Crippen LogP contribution < -0.4 is 0 Å². The topological polar surface area (TPSA) is 0 Å². The molecule has 1 aromatic rings. The number of benzene rings is 1. The second-order valence-electron chi connectivity index (χ2n) is 2.19. The van der Waals surface area contributed by atoms with Crippen LogP contribution >= 0.6 is 38.5 Å². The smallest absolute Gasteiger partial charge is 0.131 e. The van der Waals surface area contributed by atoms with Crippen LogP contribution in [0.25, 0.3) is 6.08 Å². The van der Waals surface area contributed by atoms with E-state index < -0.39 is 0 Å². The van der Waals surface area contributed by atoms with Gasteiger partial charge in [0.1, 0.15) is 5.82 Å². The van der Waals surface area contributed by atoms with Gasteiger partial charge in [-0.1, -0.05) is 34.1 Å². The third-order valence-electron chi connectivity index (χ3n) is 1.37. The molecule has 0 radical (unpaired) electrons. The predicted molar refractivity (Wildman–Crippen MR) is 61.9 cm³/mol. The monoisotopic (exact) mass is 340 g/mol. The summed E-state index contributed by atoms with van der Waals surface area (Å²) >= 11 is 5.36. The van der Waals surface area contributed by atoms with Crippen molar-refractivity contribution >= 4 is 44.6 Å². The highest BCUT2D eigenvalue weighted by Gasteiger charge is 2.00. The molecule has 1 rings (SSSR count). The zero-order chi connectivity index (χ0) is 8.97. The number of halogens is 3. The fraction of sp³-hybridized carbons (Fsp3) is 0.111. The number of hydrogen-bond donors (Lipinski definition) is 0. The zero-order valence-corrected chi connectivity index (χ0v) is 9.97. The van der Waals surface area contributed by atoms with E-state index in [0.29, 0.717) is 5.56 Å². The van der Waals surface area contributed by atoms with E-state index in [-0.39, 0.29) is 5.82 Å². The van der Waals surface area contributed by atoms with Crippen molar-refractivity contribution in [3.8, 4) is 0 Å². The van der Waals surface area contributed by atoms with E-state index in [1.54, 1.807) is 12.1 Å². The Balaban J connectivity index is 3.04. The molecule has 0 aliphatic carbocycles. The van der Waals surface area contributed by atoms with Gasteiger partial charge in [-0.2, -0.15) is 0 Å². The predicted octanol–water partition coefficient (Wildman–Crippen LogP) is 3.84. The van der Waals surface area contributed by atoms with Gasteiger partial charge in [-0.3, -0.25) is 0 Å². The van der Waals surface area contributed by atoms with Crippen LogP contribution in [0.4, 0.5) is 4.39 Å². The van der Waals surface area contributed by atoms with Crippen molar-refractivity contribution in [2.45, 2.75) is 0 Å². The molecule has 0 unspecified atom stereocenters. The van der Waals surface area contributed by atoms with Crippen LogP contribution in [-0.4, -0.2) is 5.33 Å². The van der Waals surface area contributed by atoms with Crippen LogP contribution in [0.2, 0.25) is 0 Å². The number of allylic oxidation sites excluding steroid dienone is 1. The third-order valence-corrected chi connectivity index (χ3v) is 2.69. The summed E-state index contributed by atoms with van der Waals surface area (Å²) in [7, 11) is 0. The van der Waals surface area contributed by atoms with E-state index in [9.17, 15) is 4.39 Å². The van der Waals surface area contributed by atoms with Crippen molar-refractivity contribution in [1.29, 1.82) is 0 Å². The van der Waals surface area contributed by atoms with Crippen molar-refractivity contribution in [3.05, 3.63) is 39.2 Å². The van der Waals surface area contributed by atoms with E-state index >= 15 is 0 Å². The molecule has 0 aliphatic heterocycles. The first-order valence-electron chi connectivity index (χ1n) is 3.42. The highest BCUT2D eigenvalue weighted by molar-refractivity contribution is 14.1. The molecular formula is C9H7BrFI. The van der Waals surface area contributed by atoms with Crippen molar-refractivity contribution in [3.63, 3.8) is 0 Å². The molecule has 0 amide bonds. The van der Waals surface area contributed by atoms with Gasteiger partial charge in [-0.05, 0) is 34.7 Å². The Hall–Kier alpha value is 0.1000. The Bertz CT molecular complexity index is 276. The van der Waals surface area contributed by atoms with Crippen molar-refractivity contribution < 1.29 is 4.39 Å². The number of alkyl halides is 1. The summed E-state index contributed by atoms with van der Waals surface area (Å²) in [5.41, 5.74) is 0.664. The maximum atomic E-state index is 13.1. The largest absolute Gasteiger partial charge is 0.206 e. The van der Waals surface area contributed by atoms with Crippen LogP contribution in [0.5, 0.6) is 0 Å². The molecule has 0 aliphatic rings. The highest BCUT2D eigenvalue weighted by Crippen LogP contribution is 2.17. The lowest BCUT2D eigenvalue weighted by molar-refractivity contribution is 0.624. The molecule has 12 heavy (non-hydrogen) atoms. The average Bonchev–Trinajstić information content (AvgIpc) is 2.04. The summed E-state index contributed by atoms with van der Waals surface area (Å²) in [6, 6.07) is 5.07. The highest BCUT2D eigenvalue weighted by atomic mass is 127. The molecule has 0 atom stereocenters. The summed E-state index contributed by atoms with van der Waals surface area (Å²) in [5.74, 6) is -0.167. The SMILES string of the molecule is Fc1cccc(I)c1C=CCBr. The van der Waals surface area contributed by atoms with Gasteiger partial charge in [0.2, 0.25) is 0 Å². The standard InChI is InChI=1S/C9H7BrFI/c10-6-2-3-7-8(11)4-1-5-9(7)12/h1-5H,6H2. The Labute approximate surface area is 93.1 Å². The normalized spacial score (nSPS) is 10.9. The first-order chi connectivity index (χ1) is 5.75. The minimum absolute atomic E-state index is 0.167. The molecule has 64 valence electrons. The molecule has 0 spiro atoms. The number of hydrogen-bond acceptors (Lipinski definition) is 0. The fourth-order valence-corrected chi connectivity index (χ4v) is 1.66. The van der Waals surface area contributed by atoms with Gasteiger partial charge in [0.25, 0.3) is 0 Å². The number of rotatable bonds is 2. The van der Waals surface area contributed by atoms with Crippen molar-refractivity contribution in [2.24, 2.45) is 0 Å². The zero-order valence-electron chi connectivity index (χ0n) is 6.23. The molecular weight excluding hydrogens is 334 g/mol. The van der Waals surface area contributed by atoms with E-state index in [2.05, 4.69) is 38.5 Å². The fourth-order valence-electron chi connectivity index (χ4n) is 0.832. The summed E-state index contributed by atoms with van der Waals surface area (Å²) in [6.07, 6.45) is 3.66. The van der Waals surface area contributed by atoms with Gasteiger partial charge in [0.15, 0.2) is 0 Å². The van der Waals surface area contributed by atoms with Gasteiger partial charge in [0, 0.05) is 14.5 Å². The third kappa shape index (κ3) is 2.55. The summed E-state index contributed by atoms with van der Waals surface area (Å²) in [6.45, 7) is 0. The lowest BCUT2D eigenvalue weighted by atomic mass is 10.2. The second-order valence-corrected chi connectivity index (χ2v) is 4.00. The molecule has 0 heterocycles. The van der Waals surface area contributed by atoms with Crippen molar-refractivity contribution in [1.82, 2.24) is 0 Å².